The molecule has 0 atom stereocenters. The first-order valence-corrected chi connectivity index (χ1v) is 6.22. The molecule has 1 saturated heterocycles. The molecule has 0 aliphatic carbocycles. The second-order valence-electron chi connectivity index (χ2n) is 3.75. The SMILES string of the molecule is C.CC1OCCO1.CC=NC.CCC(C)CC. The van der Waals surface area contributed by atoms with E-state index in [4.69, 9.17) is 9.47 Å². The molecule has 0 aromatic rings. The van der Waals surface area contributed by atoms with Crippen molar-refractivity contribution < 1.29 is 9.47 Å². The highest BCUT2D eigenvalue weighted by atomic mass is 16.7. The van der Waals surface area contributed by atoms with Gasteiger partial charge in [-0.15, -0.1) is 0 Å². The zero-order chi connectivity index (χ0) is 12.8. The monoisotopic (exact) mass is 247 g/mol. The van der Waals surface area contributed by atoms with Crippen molar-refractivity contribution in [1.82, 2.24) is 0 Å². The summed E-state index contributed by atoms with van der Waals surface area (Å²) in [7, 11) is 1.75. The predicted molar refractivity (Wildman–Crippen MR) is 77.9 cm³/mol. The lowest BCUT2D eigenvalue weighted by Crippen LogP contribution is -1.97. The molecule has 1 aliphatic heterocycles. The van der Waals surface area contributed by atoms with Crippen LogP contribution >= 0.6 is 0 Å². The predicted octanol–water partition coefficient (Wildman–Crippen LogP) is 4.16. The van der Waals surface area contributed by atoms with Crippen molar-refractivity contribution in [3.8, 4) is 0 Å². The van der Waals surface area contributed by atoms with E-state index in [9.17, 15) is 0 Å². The molecule has 3 nitrogen and oxygen atoms in total. The quantitative estimate of drug-likeness (QED) is 0.686. The molecule has 0 aromatic heterocycles. The van der Waals surface area contributed by atoms with E-state index in [1.807, 2.05) is 13.8 Å². The van der Waals surface area contributed by atoms with Crippen molar-refractivity contribution in [1.29, 1.82) is 0 Å². The van der Waals surface area contributed by atoms with Crippen LogP contribution in [0.15, 0.2) is 4.99 Å². The van der Waals surface area contributed by atoms with Gasteiger partial charge >= 0.3 is 0 Å². The average Bonchev–Trinajstić information content (AvgIpc) is 2.80. The number of hydrogen-bond acceptors (Lipinski definition) is 3. The number of ether oxygens (including phenoxy) is 2. The standard InChI is InChI=1S/C6H14.C4H8O2.C3H7N.CH4/c1-4-6(3)5-2;1-4-5-2-3-6-4;1-3-4-2;/h6H,4-5H2,1-3H3;4H,2-3H2,1H3;3H,1-2H3;1H4. The highest BCUT2D eigenvalue weighted by Crippen LogP contribution is 2.02. The molecule has 3 heteroatoms. The Bertz CT molecular complexity index is 135. The molecule has 0 amide bonds. The van der Waals surface area contributed by atoms with Crippen molar-refractivity contribution in [3.63, 3.8) is 0 Å². The molecule has 0 aromatic carbocycles. The minimum atomic E-state index is 0. The Morgan fingerprint density at radius 2 is 1.59 bits per heavy atom. The van der Waals surface area contributed by atoms with Gasteiger partial charge in [0.1, 0.15) is 0 Å². The zero-order valence-electron chi connectivity index (χ0n) is 11.8. The van der Waals surface area contributed by atoms with Crippen LogP contribution < -0.4 is 0 Å². The first-order valence-electron chi connectivity index (χ1n) is 6.22. The van der Waals surface area contributed by atoms with Gasteiger partial charge in [-0.2, -0.15) is 0 Å². The fourth-order valence-electron chi connectivity index (χ4n) is 0.765. The van der Waals surface area contributed by atoms with Crippen LogP contribution in [0, 0.1) is 5.92 Å². The van der Waals surface area contributed by atoms with Crippen LogP contribution in [0.3, 0.4) is 0 Å². The van der Waals surface area contributed by atoms with Crippen LogP contribution in [0.2, 0.25) is 0 Å². The van der Waals surface area contributed by atoms with Gasteiger partial charge in [0.15, 0.2) is 6.29 Å². The van der Waals surface area contributed by atoms with Crippen molar-refractivity contribution in [2.75, 3.05) is 20.3 Å². The van der Waals surface area contributed by atoms with Crippen molar-refractivity contribution in [2.24, 2.45) is 10.9 Å². The molecule has 1 aliphatic rings. The molecular formula is C14H33NO2. The summed E-state index contributed by atoms with van der Waals surface area (Å²) in [5.74, 6) is 0.935. The van der Waals surface area contributed by atoms with Gasteiger partial charge in [0.05, 0.1) is 13.2 Å². The summed E-state index contributed by atoms with van der Waals surface area (Å²) >= 11 is 0. The van der Waals surface area contributed by atoms with E-state index in [1.54, 1.807) is 13.3 Å². The highest BCUT2D eigenvalue weighted by Gasteiger charge is 2.07. The van der Waals surface area contributed by atoms with E-state index in [-0.39, 0.29) is 13.7 Å². The van der Waals surface area contributed by atoms with E-state index in [1.165, 1.54) is 12.8 Å². The second-order valence-corrected chi connectivity index (χ2v) is 3.75. The van der Waals surface area contributed by atoms with Gasteiger partial charge in [0.2, 0.25) is 0 Å². The fourth-order valence-corrected chi connectivity index (χ4v) is 0.765. The normalized spacial score (nSPS) is 14.8. The fraction of sp³-hybridized carbons (Fsp3) is 0.929. The van der Waals surface area contributed by atoms with Crippen molar-refractivity contribution in [2.45, 2.75) is 61.2 Å². The Kier molecular flexibility index (Phi) is 23.1. The van der Waals surface area contributed by atoms with Gasteiger partial charge < -0.3 is 14.5 Å². The second kappa shape index (κ2) is 18.0. The summed E-state index contributed by atoms with van der Waals surface area (Å²) in [6.07, 6.45) is 4.46. The molecule has 1 fully saturated rings. The summed E-state index contributed by atoms with van der Waals surface area (Å²) in [4.78, 5) is 3.61. The van der Waals surface area contributed by atoms with E-state index < -0.39 is 0 Å². The molecule has 17 heavy (non-hydrogen) atoms. The number of rotatable bonds is 2. The molecule has 0 spiro atoms. The van der Waals surface area contributed by atoms with Gasteiger partial charge in [-0.25, -0.2) is 0 Å². The Morgan fingerprint density at radius 1 is 1.24 bits per heavy atom. The number of hydrogen-bond donors (Lipinski definition) is 0. The lowest BCUT2D eigenvalue weighted by Gasteiger charge is -1.98. The van der Waals surface area contributed by atoms with Gasteiger partial charge in [-0.1, -0.05) is 41.0 Å². The third-order valence-corrected chi connectivity index (χ3v) is 2.44. The lowest BCUT2D eigenvalue weighted by molar-refractivity contribution is -0.0254. The van der Waals surface area contributed by atoms with Crippen LogP contribution in [-0.2, 0) is 9.47 Å². The molecule has 0 N–H and O–H groups in total. The van der Waals surface area contributed by atoms with Crippen LogP contribution in [0.4, 0.5) is 0 Å². The molecule has 0 saturated carbocycles. The summed E-state index contributed by atoms with van der Waals surface area (Å²) in [6, 6.07) is 0. The van der Waals surface area contributed by atoms with E-state index in [0.29, 0.717) is 0 Å². The average molecular weight is 247 g/mol. The van der Waals surface area contributed by atoms with Crippen LogP contribution in [-0.4, -0.2) is 32.8 Å². The van der Waals surface area contributed by atoms with E-state index in [2.05, 4.69) is 25.8 Å². The molecule has 0 unspecified atom stereocenters. The van der Waals surface area contributed by atoms with Crippen LogP contribution in [0.5, 0.6) is 0 Å². The van der Waals surface area contributed by atoms with Crippen molar-refractivity contribution in [3.05, 3.63) is 0 Å². The summed E-state index contributed by atoms with van der Waals surface area (Å²) in [6.45, 7) is 12.1. The largest absolute Gasteiger partial charge is 0.351 e. The van der Waals surface area contributed by atoms with Crippen molar-refractivity contribution >= 4 is 6.21 Å². The van der Waals surface area contributed by atoms with E-state index >= 15 is 0 Å². The Morgan fingerprint density at radius 3 is 1.65 bits per heavy atom. The molecule has 106 valence electrons. The zero-order valence-corrected chi connectivity index (χ0v) is 11.8. The van der Waals surface area contributed by atoms with Gasteiger partial charge in [-0.05, 0) is 26.0 Å². The third-order valence-electron chi connectivity index (χ3n) is 2.44. The summed E-state index contributed by atoms with van der Waals surface area (Å²) in [5, 5.41) is 0. The Balaban J connectivity index is -0.000000172. The first kappa shape index (κ1) is 21.8. The maximum Gasteiger partial charge on any atom is 0.155 e. The van der Waals surface area contributed by atoms with Gasteiger partial charge in [0, 0.05) is 7.05 Å². The molecule has 1 heterocycles. The highest BCUT2D eigenvalue weighted by molar-refractivity contribution is 5.52. The van der Waals surface area contributed by atoms with Crippen LogP contribution in [0.1, 0.15) is 54.9 Å². The smallest absolute Gasteiger partial charge is 0.155 e. The lowest BCUT2D eigenvalue weighted by atomic mass is 10.1. The third kappa shape index (κ3) is 21.4. The van der Waals surface area contributed by atoms with Gasteiger partial charge in [0.25, 0.3) is 0 Å². The molecule has 1 rings (SSSR count). The number of nitrogens with zero attached hydrogens (tertiary/aromatic N) is 1. The number of aliphatic imine (C=N–C) groups is 1. The summed E-state index contributed by atoms with van der Waals surface area (Å²) in [5.41, 5.74) is 0. The van der Waals surface area contributed by atoms with Gasteiger partial charge in [-0.3, -0.25) is 0 Å². The topological polar surface area (TPSA) is 30.8 Å². The molecule has 0 radical (unpaired) electrons. The molecular weight excluding hydrogens is 214 g/mol. The first-order chi connectivity index (χ1) is 7.62. The Hall–Kier alpha value is -0.410. The Labute approximate surface area is 109 Å². The minimum Gasteiger partial charge on any atom is -0.351 e. The summed E-state index contributed by atoms with van der Waals surface area (Å²) < 4.78 is 9.86. The maximum atomic E-state index is 4.93. The van der Waals surface area contributed by atoms with Crippen LogP contribution in [0.25, 0.3) is 0 Å². The minimum absolute atomic E-state index is 0. The maximum absolute atomic E-state index is 4.93. The van der Waals surface area contributed by atoms with E-state index in [0.717, 1.165) is 19.1 Å². The molecule has 0 bridgehead atoms.